The minimum absolute atomic E-state index is 0.252. The van der Waals surface area contributed by atoms with Crippen molar-refractivity contribution in [3.8, 4) is 6.07 Å². The molecule has 19 heavy (non-hydrogen) atoms. The third kappa shape index (κ3) is 4.92. The van der Waals surface area contributed by atoms with Crippen molar-refractivity contribution in [2.24, 2.45) is 11.8 Å². The molecule has 0 aliphatic heterocycles. The van der Waals surface area contributed by atoms with Crippen molar-refractivity contribution < 1.29 is 9.90 Å². The standard InChI is InChI=1S/C13H18N4O2/c1-8(2)4-10(12(18)19)7-15-13-16-9(3)5-11(6-14)17-13/h5,8,10H,4,7H2,1-3H3,(H,18,19)(H,15,16,17). The molecule has 1 aromatic rings. The predicted octanol–water partition coefficient (Wildman–Crippen LogP) is 1.82. The fourth-order valence-electron chi connectivity index (χ4n) is 1.76. The molecule has 0 radical (unpaired) electrons. The quantitative estimate of drug-likeness (QED) is 0.811. The van der Waals surface area contributed by atoms with Crippen LogP contribution >= 0.6 is 0 Å². The Morgan fingerprint density at radius 3 is 2.74 bits per heavy atom. The number of aliphatic carboxylic acids is 1. The number of carbonyl (C=O) groups is 1. The van der Waals surface area contributed by atoms with Crippen LogP contribution in [0.15, 0.2) is 6.07 Å². The summed E-state index contributed by atoms with van der Waals surface area (Å²) in [4.78, 5) is 19.2. The van der Waals surface area contributed by atoms with Crippen LogP contribution in [-0.4, -0.2) is 27.6 Å². The Balaban J connectivity index is 2.71. The minimum atomic E-state index is -0.839. The lowest BCUT2D eigenvalue weighted by molar-refractivity contribution is -0.141. The number of rotatable bonds is 6. The summed E-state index contributed by atoms with van der Waals surface area (Å²) in [6.07, 6.45) is 0.583. The van der Waals surface area contributed by atoms with Crippen molar-refractivity contribution in [1.82, 2.24) is 9.97 Å². The molecule has 0 saturated heterocycles. The predicted molar refractivity (Wildman–Crippen MR) is 70.6 cm³/mol. The maximum atomic E-state index is 11.1. The first kappa shape index (κ1) is 14.9. The SMILES string of the molecule is Cc1cc(C#N)nc(NCC(CC(C)C)C(=O)O)n1. The van der Waals surface area contributed by atoms with Gasteiger partial charge in [-0.1, -0.05) is 13.8 Å². The molecular weight excluding hydrogens is 244 g/mol. The van der Waals surface area contributed by atoms with E-state index < -0.39 is 11.9 Å². The van der Waals surface area contributed by atoms with Crippen molar-refractivity contribution in [3.63, 3.8) is 0 Å². The molecule has 1 unspecified atom stereocenters. The Labute approximate surface area is 112 Å². The van der Waals surface area contributed by atoms with Crippen LogP contribution in [0.25, 0.3) is 0 Å². The van der Waals surface area contributed by atoms with E-state index in [2.05, 4.69) is 15.3 Å². The molecule has 2 N–H and O–H groups in total. The number of anilines is 1. The molecule has 0 aliphatic carbocycles. The van der Waals surface area contributed by atoms with Crippen LogP contribution < -0.4 is 5.32 Å². The average Bonchev–Trinajstić information content (AvgIpc) is 2.33. The number of aromatic nitrogens is 2. The molecule has 1 heterocycles. The van der Waals surface area contributed by atoms with Crippen molar-refractivity contribution in [3.05, 3.63) is 17.5 Å². The van der Waals surface area contributed by atoms with Gasteiger partial charge in [0.15, 0.2) is 0 Å². The molecule has 1 aromatic heterocycles. The van der Waals surface area contributed by atoms with Gasteiger partial charge in [0, 0.05) is 12.2 Å². The molecule has 0 saturated carbocycles. The number of nitrogens with zero attached hydrogens (tertiary/aromatic N) is 3. The lowest BCUT2D eigenvalue weighted by atomic mass is 9.97. The zero-order valence-electron chi connectivity index (χ0n) is 11.3. The number of nitriles is 1. The molecule has 0 aliphatic rings. The summed E-state index contributed by atoms with van der Waals surface area (Å²) in [7, 11) is 0. The Hall–Kier alpha value is -2.16. The summed E-state index contributed by atoms with van der Waals surface area (Å²) in [5, 5.41) is 20.8. The van der Waals surface area contributed by atoms with Gasteiger partial charge in [-0.05, 0) is 25.3 Å². The summed E-state index contributed by atoms with van der Waals surface area (Å²) in [6, 6.07) is 3.52. The second-order valence-electron chi connectivity index (χ2n) is 4.88. The Bertz CT molecular complexity index is 494. The highest BCUT2D eigenvalue weighted by atomic mass is 16.4. The van der Waals surface area contributed by atoms with Gasteiger partial charge in [-0.15, -0.1) is 0 Å². The van der Waals surface area contributed by atoms with Crippen LogP contribution in [-0.2, 0) is 4.79 Å². The van der Waals surface area contributed by atoms with Gasteiger partial charge in [-0.2, -0.15) is 5.26 Å². The van der Waals surface area contributed by atoms with E-state index in [-0.39, 0.29) is 12.2 Å². The fourth-order valence-corrected chi connectivity index (χ4v) is 1.76. The third-order valence-corrected chi connectivity index (χ3v) is 2.58. The van der Waals surface area contributed by atoms with E-state index in [0.717, 1.165) is 0 Å². The lowest BCUT2D eigenvalue weighted by Crippen LogP contribution is -2.25. The molecule has 0 bridgehead atoms. The minimum Gasteiger partial charge on any atom is -0.481 e. The highest BCUT2D eigenvalue weighted by Crippen LogP contribution is 2.13. The van der Waals surface area contributed by atoms with Gasteiger partial charge in [0.1, 0.15) is 11.8 Å². The van der Waals surface area contributed by atoms with E-state index in [9.17, 15) is 4.79 Å². The highest BCUT2D eigenvalue weighted by molar-refractivity contribution is 5.70. The van der Waals surface area contributed by atoms with E-state index in [1.165, 1.54) is 0 Å². The van der Waals surface area contributed by atoms with Crippen molar-refractivity contribution in [2.75, 3.05) is 11.9 Å². The topological polar surface area (TPSA) is 98.9 Å². The molecule has 6 nitrogen and oxygen atoms in total. The van der Waals surface area contributed by atoms with E-state index in [0.29, 0.717) is 24.0 Å². The van der Waals surface area contributed by atoms with Crippen LogP contribution in [0.1, 0.15) is 31.7 Å². The van der Waals surface area contributed by atoms with E-state index in [1.807, 2.05) is 19.9 Å². The fraction of sp³-hybridized carbons (Fsp3) is 0.538. The Morgan fingerprint density at radius 1 is 1.53 bits per heavy atom. The molecule has 0 aromatic carbocycles. The number of hydrogen-bond donors (Lipinski definition) is 2. The van der Waals surface area contributed by atoms with Crippen molar-refractivity contribution >= 4 is 11.9 Å². The summed E-state index contributed by atoms with van der Waals surface area (Å²) in [5.74, 6) is -0.730. The number of hydrogen-bond acceptors (Lipinski definition) is 5. The van der Waals surface area contributed by atoms with Gasteiger partial charge in [-0.25, -0.2) is 9.97 Å². The number of carboxylic acids is 1. The largest absolute Gasteiger partial charge is 0.481 e. The smallest absolute Gasteiger partial charge is 0.308 e. The highest BCUT2D eigenvalue weighted by Gasteiger charge is 2.19. The zero-order valence-corrected chi connectivity index (χ0v) is 11.3. The van der Waals surface area contributed by atoms with Crippen LogP contribution in [0, 0.1) is 30.1 Å². The third-order valence-electron chi connectivity index (χ3n) is 2.58. The van der Waals surface area contributed by atoms with Crippen molar-refractivity contribution in [1.29, 1.82) is 5.26 Å². The first-order valence-electron chi connectivity index (χ1n) is 6.14. The van der Waals surface area contributed by atoms with Crippen molar-refractivity contribution in [2.45, 2.75) is 27.2 Å². The molecule has 1 rings (SSSR count). The summed E-state index contributed by atoms with van der Waals surface area (Å²) < 4.78 is 0. The van der Waals surface area contributed by atoms with Gasteiger partial charge >= 0.3 is 5.97 Å². The van der Waals surface area contributed by atoms with Gasteiger partial charge in [0.2, 0.25) is 5.95 Å². The van der Waals surface area contributed by atoms with Gasteiger partial charge in [0.25, 0.3) is 0 Å². The Kier molecular flexibility index (Phi) is 5.24. The summed E-state index contributed by atoms with van der Waals surface area (Å²) in [6.45, 7) is 5.97. The molecule has 0 fully saturated rings. The summed E-state index contributed by atoms with van der Waals surface area (Å²) >= 11 is 0. The first-order chi connectivity index (χ1) is 8.92. The summed E-state index contributed by atoms with van der Waals surface area (Å²) in [5.41, 5.74) is 0.940. The molecule has 0 spiro atoms. The lowest BCUT2D eigenvalue weighted by Gasteiger charge is -2.15. The molecule has 1 atom stereocenters. The molecular formula is C13H18N4O2. The number of carboxylic acid groups (broad SMARTS) is 1. The van der Waals surface area contributed by atoms with Crippen LogP contribution in [0.5, 0.6) is 0 Å². The molecule has 0 amide bonds. The maximum Gasteiger partial charge on any atom is 0.308 e. The average molecular weight is 262 g/mol. The normalized spacial score (nSPS) is 11.9. The monoisotopic (exact) mass is 262 g/mol. The van der Waals surface area contributed by atoms with E-state index in [1.54, 1.807) is 13.0 Å². The Morgan fingerprint density at radius 2 is 2.21 bits per heavy atom. The maximum absolute atomic E-state index is 11.1. The van der Waals surface area contributed by atoms with Gasteiger partial charge in [0.05, 0.1) is 5.92 Å². The van der Waals surface area contributed by atoms with E-state index in [4.69, 9.17) is 10.4 Å². The van der Waals surface area contributed by atoms with Crippen LogP contribution in [0.2, 0.25) is 0 Å². The second kappa shape index (κ2) is 6.69. The molecule has 102 valence electrons. The van der Waals surface area contributed by atoms with Gasteiger partial charge in [-0.3, -0.25) is 4.79 Å². The number of nitrogens with one attached hydrogen (secondary N) is 1. The van der Waals surface area contributed by atoms with Crippen LogP contribution in [0.4, 0.5) is 5.95 Å². The van der Waals surface area contributed by atoms with Crippen LogP contribution in [0.3, 0.4) is 0 Å². The number of aryl methyl sites for hydroxylation is 1. The first-order valence-corrected chi connectivity index (χ1v) is 6.14. The molecule has 6 heteroatoms. The van der Waals surface area contributed by atoms with Gasteiger partial charge < -0.3 is 10.4 Å². The second-order valence-corrected chi connectivity index (χ2v) is 4.88. The van der Waals surface area contributed by atoms with E-state index >= 15 is 0 Å². The zero-order chi connectivity index (χ0) is 14.4.